The van der Waals surface area contributed by atoms with Gasteiger partial charge in [0.15, 0.2) is 0 Å². The fourth-order valence-electron chi connectivity index (χ4n) is 1.97. The van der Waals surface area contributed by atoms with Crippen LogP contribution < -0.4 is 10.1 Å². The average Bonchev–Trinajstić information content (AvgIpc) is 2.45. The van der Waals surface area contributed by atoms with Crippen LogP contribution in [0, 0.1) is 0 Å². The van der Waals surface area contributed by atoms with Gasteiger partial charge in [-0.25, -0.2) is 0 Å². The van der Waals surface area contributed by atoms with Crippen LogP contribution >= 0.6 is 11.6 Å². The Labute approximate surface area is 132 Å². The second-order valence-electron chi connectivity index (χ2n) is 6.10. The van der Waals surface area contributed by atoms with Gasteiger partial charge in [-0.15, -0.1) is 0 Å². The SMILES string of the molecule is CC(C)(C)NCC(Oc1ccc(Cl)cc1)c1ccccc1. The molecule has 3 heteroatoms. The van der Waals surface area contributed by atoms with E-state index in [9.17, 15) is 0 Å². The van der Waals surface area contributed by atoms with E-state index in [1.54, 1.807) is 0 Å². The van der Waals surface area contributed by atoms with Crippen molar-refractivity contribution in [2.45, 2.75) is 32.4 Å². The molecule has 0 saturated heterocycles. The molecule has 21 heavy (non-hydrogen) atoms. The number of rotatable bonds is 5. The number of nitrogens with one attached hydrogen (secondary N) is 1. The maximum absolute atomic E-state index is 6.13. The highest BCUT2D eigenvalue weighted by molar-refractivity contribution is 6.30. The molecule has 112 valence electrons. The third kappa shape index (κ3) is 5.41. The summed E-state index contributed by atoms with van der Waals surface area (Å²) in [5, 5.41) is 4.22. The Bertz CT molecular complexity index is 546. The topological polar surface area (TPSA) is 21.3 Å². The van der Waals surface area contributed by atoms with Crippen molar-refractivity contribution in [3.8, 4) is 5.75 Å². The van der Waals surface area contributed by atoms with E-state index < -0.39 is 0 Å². The van der Waals surface area contributed by atoms with Crippen molar-refractivity contribution in [2.24, 2.45) is 0 Å². The third-order valence-corrected chi connectivity index (χ3v) is 3.33. The molecule has 0 heterocycles. The molecular weight excluding hydrogens is 282 g/mol. The van der Waals surface area contributed by atoms with Gasteiger partial charge in [-0.05, 0) is 50.6 Å². The largest absolute Gasteiger partial charge is 0.484 e. The Hall–Kier alpha value is -1.51. The molecule has 0 radical (unpaired) electrons. The lowest BCUT2D eigenvalue weighted by atomic mass is 10.1. The molecular formula is C18H22ClNO. The monoisotopic (exact) mass is 303 g/mol. The van der Waals surface area contributed by atoms with Crippen molar-refractivity contribution in [1.29, 1.82) is 0 Å². The highest BCUT2D eigenvalue weighted by Gasteiger charge is 2.17. The number of hydrogen-bond donors (Lipinski definition) is 1. The summed E-state index contributed by atoms with van der Waals surface area (Å²) in [5.41, 5.74) is 1.21. The molecule has 0 aliphatic heterocycles. The first-order chi connectivity index (χ1) is 9.94. The van der Waals surface area contributed by atoms with Crippen molar-refractivity contribution in [3.05, 3.63) is 65.2 Å². The predicted molar refractivity (Wildman–Crippen MR) is 89.0 cm³/mol. The number of benzene rings is 2. The van der Waals surface area contributed by atoms with Crippen molar-refractivity contribution >= 4 is 11.6 Å². The van der Waals surface area contributed by atoms with E-state index in [4.69, 9.17) is 16.3 Å². The summed E-state index contributed by atoms with van der Waals surface area (Å²) in [5.74, 6) is 0.823. The van der Waals surface area contributed by atoms with E-state index >= 15 is 0 Å². The maximum Gasteiger partial charge on any atom is 0.136 e. The van der Waals surface area contributed by atoms with Gasteiger partial charge in [0.25, 0.3) is 0 Å². The molecule has 2 nitrogen and oxygen atoms in total. The van der Waals surface area contributed by atoms with Crippen LogP contribution in [0.5, 0.6) is 5.75 Å². The Kier molecular flexibility index (Phi) is 5.27. The molecule has 2 rings (SSSR count). The van der Waals surface area contributed by atoms with Crippen molar-refractivity contribution in [1.82, 2.24) is 5.32 Å². The number of ether oxygens (including phenoxy) is 1. The molecule has 1 N–H and O–H groups in total. The molecule has 0 bridgehead atoms. The summed E-state index contributed by atoms with van der Waals surface area (Å²) >= 11 is 5.92. The Morgan fingerprint density at radius 3 is 2.19 bits per heavy atom. The molecule has 0 amide bonds. The molecule has 0 fully saturated rings. The molecule has 1 unspecified atom stereocenters. The van der Waals surface area contributed by atoms with E-state index in [2.05, 4.69) is 38.2 Å². The van der Waals surface area contributed by atoms with Crippen LogP contribution in [0.2, 0.25) is 5.02 Å². The summed E-state index contributed by atoms with van der Waals surface area (Å²) < 4.78 is 6.13. The van der Waals surface area contributed by atoms with Gasteiger partial charge >= 0.3 is 0 Å². The smallest absolute Gasteiger partial charge is 0.136 e. The first-order valence-electron chi connectivity index (χ1n) is 7.16. The fourth-order valence-corrected chi connectivity index (χ4v) is 2.10. The van der Waals surface area contributed by atoms with Gasteiger partial charge in [0, 0.05) is 17.1 Å². The van der Waals surface area contributed by atoms with Gasteiger partial charge in [-0.3, -0.25) is 0 Å². The zero-order chi connectivity index (χ0) is 15.3. The summed E-state index contributed by atoms with van der Waals surface area (Å²) in [7, 11) is 0. The van der Waals surface area contributed by atoms with Crippen molar-refractivity contribution in [3.63, 3.8) is 0 Å². The van der Waals surface area contributed by atoms with E-state index in [0.29, 0.717) is 5.02 Å². The van der Waals surface area contributed by atoms with E-state index in [1.807, 2.05) is 42.5 Å². The normalized spacial score (nSPS) is 13.0. The highest BCUT2D eigenvalue weighted by Crippen LogP contribution is 2.23. The fraction of sp³-hybridized carbons (Fsp3) is 0.333. The van der Waals surface area contributed by atoms with Gasteiger partial charge in [0.1, 0.15) is 11.9 Å². The number of halogens is 1. The van der Waals surface area contributed by atoms with Gasteiger partial charge in [0.2, 0.25) is 0 Å². The Morgan fingerprint density at radius 1 is 1.00 bits per heavy atom. The van der Waals surface area contributed by atoms with Gasteiger partial charge < -0.3 is 10.1 Å². The van der Waals surface area contributed by atoms with Crippen LogP contribution in [-0.4, -0.2) is 12.1 Å². The van der Waals surface area contributed by atoms with Crippen LogP contribution in [-0.2, 0) is 0 Å². The van der Waals surface area contributed by atoms with Crippen LogP contribution in [0.4, 0.5) is 0 Å². The van der Waals surface area contributed by atoms with Crippen LogP contribution in [0.15, 0.2) is 54.6 Å². The first kappa shape index (κ1) is 15.9. The van der Waals surface area contributed by atoms with Gasteiger partial charge in [0.05, 0.1) is 0 Å². The lowest BCUT2D eigenvalue weighted by Gasteiger charge is -2.26. The minimum absolute atomic E-state index is 0.0356. The quantitative estimate of drug-likeness (QED) is 0.852. The van der Waals surface area contributed by atoms with E-state index in [-0.39, 0.29) is 11.6 Å². The molecule has 0 saturated carbocycles. The summed E-state index contributed by atoms with van der Waals surface area (Å²) in [6, 6.07) is 17.7. The molecule has 2 aromatic carbocycles. The second-order valence-corrected chi connectivity index (χ2v) is 6.54. The molecule has 0 aliphatic rings. The highest BCUT2D eigenvalue weighted by atomic mass is 35.5. The minimum Gasteiger partial charge on any atom is -0.484 e. The number of hydrogen-bond acceptors (Lipinski definition) is 2. The lowest BCUT2D eigenvalue weighted by Crippen LogP contribution is -2.39. The van der Waals surface area contributed by atoms with Crippen LogP contribution in [0.3, 0.4) is 0 Å². The molecule has 0 aromatic heterocycles. The minimum atomic E-state index is -0.0356. The summed E-state index contributed by atoms with van der Waals surface area (Å²) in [6.45, 7) is 7.20. The van der Waals surface area contributed by atoms with E-state index in [0.717, 1.165) is 17.9 Å². The lowest BCUT2D eigenvalue weighted by molar-refractivity contribution is 0.188. The Balaban J connectivity index is 2.13. The summed E-state index contributed by atoms with van der Waals surface area (Å²) in [4.78, 5) is 0. The average molecular weight is 304 g/mol. The maximum atomic E-state index is 6.13. The standard InChI is InChI=1S/C18H22ClNO/c1-18(2,3)20-13-17(14-7-5-4-6-8-14)21-16-11-9-15(19)10-12-16/h4-12,17,20H,13H2,1-3H3. The van der Waals surface area contributed by atoms with E-state index in [1.165, 1.54) is 0 Å². The Morgan fingerprint density at radius 2 is 1.62 bits per heavy atom. The van der Waals surface area contributed by atoms with Gasteiger partial charge in [-0.2, -0.15) is 0 Å². The molecule has 0 spiro atoms. The summed E-state index contributed by atoms with van der Waals surface area (Å²) in [6.07, 6.45) is -0.0356. The van der Waals surface area contributed by atoms with Gasteiger partial charge in [-0.1, -0.05) is 41.9 Å². The van der Waals surface area contributed by atoms with Crippen LogP contribution in [0.25, 0.3) is 0 Å². The molecule has 2 aromatic rings. The van der Waals surface area contributed by atoms with Crippen molar-refractivity contribution in [2.75, 3.05) is 6.54 Å². The zero-order valence-electron chi connectivity index (χ0n) is 12.8. The third-order valence-electron chi connectivity index (χ3n) is 3.08. The van der Waals surface area contributed by atoms with Crippen molar-refractivity contribution < 1.29 is 4.74 Å². The predicted octanol–water partition coefficient (Wildman–Crippen LogP) is 4.85. The van der Waals surface area contributed by atoms with Crippen LogP contribution in [0.1, 0.15) is 32.4 Å². The second kappa shape index (κ2) is 6.97. The molecule has 1 atom stereocenters. The first-order valence-corrected chi connectivity index (χ1v) is 7.54. The zero-order valence-corrected chi connectivity index (χ0v) is 13.5. The molecule has 0 aliphatic carbocycles.